The summed E-state index contributed by atoms with van der Waals surface area (Å²) in [7, 11) is 0. The van der Waals surface area contributed by atoms with Gasteiger partial charge >= 0.3 is 6.03 Å². The van der Waals surface area contributed by atoms with Crippen molar-refractivity contribution in [2.24, 2.45) is 5.92 Å². The molecule has 3 heterocycles. The van der Waals surface area contributed by atoms with Crippen LogP contribution in [0.15, 0.2) is 11.4 Å². The van der Waals surface area contributed by atoms with Gasteiger partial charge in [0.2, 0.25) is 0 Å². The van der Waals surface area contributed by atoms with E-state index in [1.54, 1.807) is 11.3 Å². The molecule has 24 heavy (non-hydrogen) atoms. The number of rotatable bonds is 2. The number of fused-ring (bicyclic) bond motifs is 1. The van der Waals surface area contributed by atoms with Crippen molar-refractivity contribution >= 4 is 23.3 Å². The van der Waals surface area contributed by atoms with Gasteiger partial charge in [-0.15, -0.1) is 11.3 Å². The molecule has 0 unspecified atom stereocenters. The Labute approximate surface area is 147 Å². The normalized spacial score (nSPS) is 33.8. The fraction of sp³-hybridized carbons (Fsp3) is 0.667. The van der Waals surface area contributed by atoms with Gasteiger partial charge in [0.1, 0.15) is 5.54 Å². The van der Waals surface area contributed by atoms with E-state index in [0.717, 1.165) is 38.6 Å². The first-order chi connectivity index (χ1) is 11.5. The number of nitrogens with one attached hydrogen (secondary N) is 1. The van der Waals surface area contributed by atoms with Crippen LogP contribution >= 0.6 is 11.3 Å². The summed E-state index contributed by atoms with van der Waals surface area (Å²) in [5.41, 5.74) is 0.718. The number of hydrogen-bond donors (Lipinski definition) is 1. The van der Waals surface area contributed by atoms with Crippen molar-refractivity contribution in [1.29, 1.82) is 0 Å². The second kappa shape index (κ2) is 5.85. The summed E-state index contributed by atoms with van der Waals surface area (Å²) in [6.07, 6.45) is 4.58. The van der Waals surface area contributed by atoms with E-state index in [4.69, 9.17) is 0 Å². The molecule has 0 radical (unpaired) electrons. The average molecular weight is 347 g/mol. The zero-order valence-corrected chi connectivity index (χ0v) is 15.2. The molecule has 1 N–H and O–H groups in total. The smallest absolute Gasteiger partial charge is 0.323 e. The van der Waals surface area contributed by atoms with E-state index in [1.165, 1.54) is 15.3 Å². The predicted octanol–water partition coefficient (Wildman–Crippen LogP) is 3.13. The molecule has 0 bridgehead atoms. The van der Waals surface area contributed by atoms with Crippen LogP contribution in [0, 0.1) is 5.92 Å². The van der Waals surface area contributed by atoms with Gasteiger partial charge in [-0.1, -0.05) is 6.92 Å². The maximum Gasteiger partial charge on any atom is 0.326 e. The van der Waals surface area contributed by atoms with E-state index in [1.807, 2.05) is 0 Å². The summed E-state index contributed by atoms with van der Waals surface area (Å²) in [4.78, 5) is 30.6. The van der Waals surface area contributed by atoms with Crippen molar-refractivity contribution < 1.29 is 9.59 Å². The summed E-state index contributed by atoms with van der Waals surface area (Å²) in [6.45, 7) is 5.69. The SMILES string of the molecule is CC1CCC2(CC1)NC(=O)N(CN1CCc3sccc3[C@H]1C)C2=O. The van der Waals surface area contributed by atoms with Crippen LogP contribution in [-0.2, 0) is 11.2 Å². The van der Waals surface area contributed by atoms with E-state index in [9.17, 15) is 9.59 Å². The third kappa shape index (κ3) is 2.47. The van der Waals surface area contributed by atoms with Crippen LogP contribution in [0.5, 0.6) is 0 Å². The molecule has 5 nitrogen and oxygen atoms in total. The van der Waals surface area contributed by atoms with Gasteiger partial charge in [-0.05, 0) is 62.0 Å². The fourth-order valence-electron chi connectivity index (χ4n) is 4.33. The monoisotopic (exact) mass is 347 g/mol. The summed E-state index contributed by atoms with van der Waals surface area (Å²) < 4.78 is 0. The molecule has 1 saturated carbocycles. The van der Waals surface area contributed by atoms with Crippen molar-refractivity contribution in [3.63, 3.8) is 0 Å². The Morgan fingerprint density at radius 1 is 1.29 bits per heavy atom. The Kier molecular flexibility index (Phi) is 3.92. The topological polar surface area (TPSA) is 52.7 Å². The molecule has 1 spiro atoms. The van der Waals surface area contributed by atoms with Gasteiger partial charge in [0.25, 0.3) is 5.91 Å². The largest absolute Gasteiger partial charge is 0.326 e. The minimum absolute atomic E-state index is 0.0114. The Morgan fingerprint density at radius 2 is 2.04 bits per heavy atom. The molecule has 1 aromatic rings. The predicted molar refractivity (Wildman–Crippen MR) is 93.8 cm³/mol. The Balaban J connectivity index is 1.49. The molecule has 1 aromatic heterocycles. The highest BCUT2D eigenvalue weighted by Crippen LogP contribution is 2.38. The molecule has 2 fully saturated rings. The molecule has 1 saturated heterocycles. The van der Waals surface area contributed by atoms with Crippen LogP contribution in [-0.4, -0.2) is 40.5 Å². The van der Waals surface area contributed by atoms with Crippen LogP contribution in [0.25, 0.3) is 0 Å². The zero-order valence-electron chi connectivity index (χ0n) is 14.4. The molecule has 2 aliphatic heterocycles. The third-order valence-electron chi connectivity index (χ3n) is 6.10. The Hall–Kier alpha value is -1.40. The molecular formula is C18H25N3O2S. The van der Waals surface area contributed by atoms with Crippen molar-refractivity contribution in [3.8, 4) is 0 Å². The first-order valence-corrected chi connectivity index (χ1v) is 9.82. The number of carbonyl (C=O) groups excluding carboxylic acids is 2. The van der Waals surface area contributed by atoms with Crippen molar-refractivity contribution in [2.75, 3.05) is 13.2 Å². The van der Waals surface area contributed by atoms with E-state index in [0.29, 0.717) is 12.6 Å². The molecule has 3 amide bonds. The molecule has 1 aliphatic carbocycles. The quantitative estimate of drug-likeness (QED) is 0.836. The molecule has 0 aromatic carbocycles. The second-order valence-electron chi connectivity index (χ2n) is 7.61. The highest BCUT2D eigenvalue weighted by molar-refractivity contribution is 7.10. The lowest BCUT2D eigenvalue weighted by Crippen LogP contribution is -2.50. The van der Waals surface area contributed by atoms with Gasteiger partial charge in [-0.25, -0.2) is 9.69 Å². The van der Waals surface area contributed by atoms with Gasteiger partial charge in [0.05, 0.1) is 6.67 Å². The number of carbonyl (C=O) groups is 2. The first-order valence-electron chi connectivity index (χ1n) is 8.94. The average Bonchev–Trinajstić information content (AvgIpc) is 3.12. The highest BCUT2D eigenvalue weighted by atomic mass is 32.1. The number of nitrogens with zero attached hydrogens (tertiary/aromatic N) is 2. The zero-order chi connectivity index (χ0) is 16.9. The van der Waals surface area contributed by atoms with Crippen LogP contribution < -0.4 is 5.32 Å². The molecule has 1 atom stereocenters. The molecule has 6 heteroatoms. The van der Waals surface area contributed by atoms with Crippen molar-refractivity contribution in [2.45, 2.75) is 57.5 Å². The van der Waals surface area contributed by atoms with E-state index < -0.39 is 5.54 Å². The van der Waals surface area contributed by atoms with Gasteiger partial charge in [0, 0.05) is 17.5 Å². The minimum atomic E-state index is -0.629. The third-order valence-corrected chi connectivity index (χ3v) is 7.10. The van der Waals surface area contributed by atoms with Crippen LogP contribution in [0.4, 0.5) is 4.79 Å². The van der Waals surface area contributed by atoms with Crippen LogP contribution in [0.2, 0.25) is 0 Å². The van der Waals surface area contributed by atoms with Gasteiger partial charge < -0.3 is 5.32 Å². The Morgan fingerprint density at radius 3 is 2.79 bits per heavy atom. The summed E-state index contributed by atoms with van der Waals surface area (Å²) in [6, 6.07) is 2.22. The molecule has 4 rings (SSSR count). The lowest BCUT2D eigenvalue weighted by molar-refractivity contribution is -0.134. The molecular weight excluding hydrogens is 322 g/mol. The van der Waals surface area contributed by atoms with Gasteiger partial charge in [0.15, 0.2) is 0 Å². The maximum absolute atomic E-state index is 13.0. The minimum Gasteiger partial charge on any atom is -0.323 e. The number of urea groups is 1. The highest BCUT2D eigenvalue weighted by Gasteiger charge is 2.52. The van der Waals surface area contributed by atoms with E-state index in [-0.39, 0.29) is 18.0 Å². The number of amides is 3. The molecule has 3 aliphatic rings. The van der Waals surface area contributed by atoms with Crippen molar-refractivity contribution in [3.05, 3.63) is 21.9 Å². The maximum atomic E-state index is 13.0. The summed E-state index contributed by atoms with van der Waals surface area (Å²) >= 11 is 1.81. The lowest BCUT2D eigenvalue weighted by atomic mass is 9.77. The van der Waals surface area contributed by atoms with Gasteiger partial charge in [-0.3, -0.25) is 9.69 Å². The standard InChI is InChI=1S/C18H25N3O2S/c1-12-3-7-18(8-4-12)16(22)21(17(23)19-18)11-20-9-5-15-14(13(20)2)6-10-24-15/h6,10,12-13H,3-5,7-9,11H2,1-2H3,(H,19,23)/t12?,13-,18?/m1/s1. The van der Waals surface area contributed by atoms with E-state index in [2.05, 4.69) is 35.5 Å². The van der Waals surface area contributed by atoms with E-state index >= 15 is 0 Å². The lowest BCUT2D eigenvalue weighted by Gasteiger charge is -2.36. The van der Waals surface area contributed by atoms with Gasteiger partial charge in [-0.2, -0.15) is 0 Å². The summed E-state index contributed by atoms with van der Waals surface area (Å²) in [5, 5.41) is 5.16. The van der Waals surface area contributed by atoms with Crippen LogP contribution in [0.3, 0.4) is 0 Å². The van der Waals surface area contributed by atoms with Crippen molar-refractivity contribution in [1.82, 2.24) is 15.1 Å². The molecule has 130 valence electrons. The number of thiophene rings is 1. The fourth-order valence-corrected chi connectivity index (χ4v) is 5.30. The first kappa shape index (κ1) is 16.1. The second-order valence-corrected chi connectivity index (χ2v) is 8.61. The summed E-state index contributed by atoms with van der Waals surface area (Å²) in [5.74, 6) is 0.635. The number of imide groups is 1. The van der Waals surface area contributed by atoms with Crippen LogP contribution in [0.1, 0.15) is 56.0 Å². The number of hydrogen-bond acceptors (Lipinski definition) is 4. The Bertz CT molecular complexity index is 663.